The van der Waals surface area contributed by atoms with Gasteiger partial charge in [-0.2, -0.15) is 0 Å². The van der Waals surface area contributed by atoms with Crippen LogP contribution in [0.4, 0.5) is 14.0 Å². The van der Waals surface area contributed by atoms with Gasteiger partial charge in [-0.05, 0) is 64.5 Å². The number of rotatable bonds is 6. The number of alkyl carbamates (subject to hydrolysis) is 1. The second-order valence-electron chi connectivity index (χ2n) is 15.7. The molecule has 3 heterocycles. The molecule has 3 N–H and O–H groups in total. The molecule has 3 aliphatic heterocycles. The molecule has 0 spiro atoms. The minimum absolute atomic E-state index is 0.0528. The first-order chi connectivity index (χ1) is 25.9. The Labute approximate surface area is 323 Å². The van der Waals surface area contributed by atoms with Gasteiger partial charge >= 0.3 is 12.2 Å². The second kappa shape index (κ2) is 15.6. The Balaban J connectivity index is 1.31. The first-order valence-electron chi connectivity index (χ1n) is 18.3. The molecule has 2 saturated carbocycles. The zero-order valence-electron chi connectivity index (χ0n) is 30.8. The van der Waals surface area contributed by atoms with Crippen LogP contribution in [0.15, 0.2) is 30.4 Å². The lowest BCUT2D eigenvalue weighted by Gasteiger charge is -2.33. The van der Waals surface area contributed by atoms with Crippen LogP contribution in [0.3, 0.4) is 0 Å². The summed E-state index contributed by atoms with van der Waals surface area (Å²) in [5.74, 6) is -4.53. The average Bonchev–Trinajstić information content (AvgIpc) is 3.99. The van der Waals surface area contributed by atoms with Crippen molar-refractivity contribution in [3.63, 3.8) is 0 Å². The van der Waals surface area contributed by atoms with Gasteiger partial charge in [0, 0.05) is 31.0 Å². The zero-order chi connectivity index (χ0) is 39.9. The number of hydrogen-bond acceptors (Lipinski definition) is 10. The number of hydrogen-bond donors (Lipinski definition) is 3. The molecule has 6 rings (SSSR count). The third-order valence-corrected chi connectivity index (χ3v) is 12.3. The highest BCUT2D eigenvalue weighted by molar-refractivity contribution is 7.91. The van der Waals surface area contributed by atoms with Crippen LogP contribution in [0.25, 0.3) is 0 Å². The van der Waals surface area contributed by atoms with Crippen molar-refractivity contribution in [3.8, 4) is 0 Å². The minimum Gasteiger partial charge on any atom is -0.444 e. The molecular formula is C36H46ClFN6O10S. The maximum absolute atomic E-state index is 14.6. The molecular weight excluding hydrogens is 763 g/mol. The number of ether oxygens (including phenoxy) is 2. The predicted molar refractivity (Wildman–Crippen MR) is 194 cm³/mol. The van der Waals surface area contributed by atoms with Gasteiger partial charge in [0.05, 0.1) is 24.9 Å². The van der Waals surface area contributed by atoms with Crippen LogP contribution in [0.5, 0.6) is 0 Å². The maximum atomic E-state index is 14.6. The van der Waals surface area contributed by atoms with E-state index in [2.05, 4.69) is 15.4 Å². The van der Waals surface area contributed by atoms with Gasteiger partial charge in [0.2, 0.25) is 27.7 Å². The summed E-state index contributed by atoms with van der Waals surface area (Å²) in [5, 5.41) is 4.57. The van der Waals surface area contributed by atoms with Crippen LogP contribution in [0.2, 0.25) is 0 Å². The van der Waals surface area contributed by atoms with Gasteiger partial charge in [-0.3, -0.25) is 28.8 Å². The molecule has 2 aliphatic carbocycles. The Morgan fingerprint density at radius 2 is 1.84 bits per heavy atom. The van der Waals surface area contributed by atoms with E-state index in [0.29, 0.717) is 36.8 Å². The molecule has 0 bridgehead atoms. The van der Waals surface area contributed by atoms with E-state index < -0.39 is 98.0 Å². The highest BCUT2D eigenvalue weighted by Gasteiger charge is 2.62. The van der Waals surface area contributed by atoms with Crippen LogP contribution in [-0.2, 0) is 51.8 Å². The SMILES string of the molecule is CC(C)(C)OC(=O)NC1CN(C(=O)CCl)CCC/C=C\[C@@H]2C[C@@]2(C(=O)NS(=O)(=O)C2CC2)NC(=O)[C@@H]2C[C@@H](OC(=O)N3Cc4cccc(F)c4C3)CN2C1=O. The summed E-state index contributed by atoms with van der Waals surface area (Å²) in [6, 6.07) is 1.68. The first-order valence-corrected chi connectivity index (χ1v) is 20.4. The van der Waals surface area contributed by atoms with Gasteiger partial charge < -0.3 is 29.9 Å². The lowest BCUT2D eigenvalue weighted by Crippen LogP contribution is -2.60. The Hall–Kier alpha value is -4.45. The summed E-state index contributed by atoms with van der Waals surface area (Å²) in [5.41, 5.74) is -1.65. The number of amides is 6. The van der Waals surface area contributed by atoms with E-state index in [1.54, 1.807) is 39.0 Å². The molecule has 55 heavy (non-hydrogen) atoms. The molecule has 0 aromatic heterocycles. The fourth-order valence-electron chi connectivity index (χ4n) is 7.19. The second-order valence-corrected chi connectivity index (χ2v) is 17.9. The number of allylic oxidation sites excluding steroid dienone is 1. The summed E-state index contributed by atoms with van der Waals surface area (Å²) in [4.78, 5) is 85.8. The van der Waals surface area contributed by atoms with Crippen molar-refractivity contribution >= 4 is 57.4 Å². The largest absolute Gasteiger partial charge is 0.444 e. The van der Waals surface area contributed by atoms with Crippen molar-refractivity contribution in [1.29, 1.82) is 0 Å². The third-order valence-electron chi connectivity index (χ3n) is 10.3. The third kappa shape index (κ3) is 9.17. The Bertz CT molecular complexity index is 1890. The fourth-order valence-corrected chi connectivity index (χ4v) is 8.72. The van der Waals surface area contributed by atoms with E-state index in [1.165, 1.54) is 21.9 Å². The van der Waals surface area contributed by atoms with E-state index in [1.807, 2.05) is 0 Å². The van der Waals surface area contributed by atoms with E-state index in [-0.39, 0.29) is 45.6 Å². The van der Waals surface area contributed by atoms with Crippen molar-refractivity contribution in [3.05, 3.63) is 47.3 Å². The maximum Gasteiger partial charge on any atom is 0.410 e. The molecule has 0 radical (unpaired) electrons. The van der Waals surface area contributed by atoms with E-state index in [9.17, 15) is 41.6 Å². The van der Waals surface area contributed by atoms with Crippen LogP contribution >= 0.6 is 11.6 Å². The molecule has 19 heteroatoms. The predicted octanol–water partition coefficient (Wildman–Crippen LogP) is 2.04. The van der Waals surface area contributed by atoms with Gasteiger partial charge in [0.25, 0.3) is 5.91 Å². The number of carbonyl (C=O) groups excluding carboxylic acids is 6. The number of benzene rings is 1. The monoisotopic (exact) mass is 808 g/mol. The van der Waals surface area contributed by atoms with Crippen LogP contribution in [-0.4, -0.2) is 119 Å². The molecule has 1 aromatic rings. The van der Waals surface area contributed by atoms with Gasteiger partial charge in [0.1, 0.15) is 41.0 Å². The smallest absolute Gasteiger partial charge is 0.410 e. The van der Waals surface area contributed by atoms with Crippen molar-refractivity contribution in [2.75, 3.05) is 25.5 Å². The molecule has 1 aromatic carbocycles. The number of nitrogens with one attached hydrogen (secondary N) is 3. The van der Waals surface area contributed by atoms with Crippen LogP contribution in [0, 0.1) is 11.7 Å². The summed E-state index contributed by atoms with van der Waals surface area (Å²) < 4.78 is 53.4. The fraction of sp³-hybridized carbons (Fsp3) is 0.611. The van der Waals surface area contributed by atoms with E-state index in [4.69, 9.17) is 21.1 Å². The van der Waals surface area contributed by atoms with Crippen molar-refractivity contribution in [1.82, 2.24) is 30.1 Å². The van der Waals surface area contributed by atoms with Crippen molar-refractivity contribution < 1.29 is 51.0 Å². The number of halogens is 2. The zero-order valence-corrected chi connectivity index (χ0v) is 32.4. The lowest BCUT2D eigenvalue weighted by molar-refractivity contribution is -0.142. The number of nitrogens with zero attached hydrogens (tertiary/aromatic N) is 3. The summed E-state index contributed by atoms with van der Waals surface area (Å²) >= 11 is 5.94. The molecule has 16 nitrogen and oxygen atoms in total. The standard InChI is InChI=1S/C36H46ClFN6O10S/c1-35(2,3)54-33(49)39-27-20-42(29(45)16-37)13-6-4-5-9-22-15-36(22,32(48)41-55(51,52)24-11-12-24)40-30(46)28-14-23(18-44(28)31(27)47)53-34(50)43-17-21-8-7-10-26(38)25(21)19-43/h5,7-10,22-24,27-28H,4,6,11-20H2,1-3H3,(H,39,49)(H,40,46)(H,41,48)/b9-5-/t22-,23-,27?,28+,36-/m1/s1. The molecule has 5 aliphatic rings. The van der Waals surface area contributed by atoms with E-state index >= 15 is 0 Å². The van der Waals surface area contributed by atoms with Crippen molar-refractivity contribution in [2.24, 2.45) is 5.92 Å². The normalized spacial score (nSPS) is 27.7. The molecule has 5 atom stereocenters. The highest BCUT2D eigenvalue weighted by Crippen LogP contribution is 2.46. The Morgan fingerprint density at radius 3 is 2.51 bits per heavy atom. The number of fused-ring (bicyclic) bond motifs is 3. The molecule has 6 amide bonds. The first kappa shape index (κ1) is 40.2. The molecule has 3 fully saturated rings. The quantitative estimate of drug-likeness (QED) is 0.282. The highest BCUT2D eigenvalue weighted by atomic mass is 35.5. The molecule has 1 unspecified atom stereocenters. The minimum atomic E-state index is -3.98. The summed E-state index contributed by atoms with van der Waals surface area (Å²) in [7, 11) is -3.98. The topological polar surface area (TPSA) is 201 Å². The van der Waals surface area contributed by atoms with E-state index in [0.717, 1.165) is 4.90 Å². The number of carbonyl (C=O) groups is 6. The van der Waals surface area contributed by atoms with Gasteiger partial charge in [0.15, 0.2) is 0 Å². The van der Waals surface area contributed by atoms with Crippen LogP contribution < -0.4 is 15.4 Å². The number of sulfonamides is 1. The Kier molecular flexibility index (Phi) is 11.4. The van der Waals surface area contributed by atoms with Gasteiger partial charge in [-0.25, -0.2) is 22.4 Å². The Morgan fingerprint density at radius 1 is 1.09 bits per heavy atom. The summed E-state index contributed by atoms with van der Waals surface area (Å²) in [6.07, 6.45) is 2.10. The van der Waals surface area contributed by atoms with Crippen molar-refractivity contribution in [2.45, 2.75) is 107 Å². The van der Waals surface area contributed by atoms with Crippen LogP contribution in [0.1, 0.15) is 70.4 Å². The molecule has 300 valence electrons. The van der Waals surface area contributed by atoms with Gasteiger partial charge in [-0.1, -0.05) is 24.3 Å². The average molecular weight is 809 g/mol. The van der Waals surface area contributed by atoms with Gasteiger partial charge in [-0.15, -0.1) is 11.6 Å². The molecule has 1 saturated heterocycles. The summed E-state index contributed by atoms with van der Waals surface area (Å²) in [6.45, 7) is 4.37. The number of alkyl halides is 1. The lowest BCUT2D eigenvalue weighted by atomic mass is 10.1.